The maximum absolute atomic E-state index is 6.13. The predicted octanol–water partition coefficient (Wildman–Crippen LogP) is 2.61. The first kappa shape index (κ1) is 12.2. The van der Waals surface area contributed by atoms with Gasteiger partial charge in [0, 0.05) is 17.3 Å². The third-order valence-corrected chi connectivity index (χ3v) is 3.62. The molecule has 1 aliphatic carbocycles. The van der Waals surface area contributed by atoms with Crippen LogP contribution < -0.4 is 10.5 Å². The SMILES string of the molecule is CCOc1ccc(-n2ncc3c2CCCC3N)cc1. The summed E-state index contributed by atoms with van der Waals surface area (Å²) >= 11 is 0. The van der Waals surface area contributed by atoms with Crippen LogP contribution >= 0.6 is 0 Å². The number of rotatable bonds is 3. The third-order valence-electron chi connectivity index (χ3n) is 3.62. The second-order valence-electron chi connectivity index (χ2n) is 4.88. The minimum atomic E-state index is 0.139. The molecule has 2 N–H and O–H groups in total. The molecule has 1 heterocycles. The Bertz CT molecular complexity index is 559. The average Bonchev–Trinajstić information content (AvgIpc) is 2.85. The lowest BCUT2D eigenvalue weighted by atomic mass is 9.94. The van der Waals surface area contributed by atoms with Crippen molar-refractivity contribution in [3.8, 4) is 11.4 Å². The minimum absolute atomic E-state index is 0.139. The summed E-state index contributed by atoms with van der Waals surface area (Å²) in [4.78, 5) is 0. The van der Waals surface area contributed by atoms with Crippen molar-refractivity contribution < 1.29 is 4.74 Å². The molecule has 1 aromatic heterocycles. The van der Waals surface area contributed by atoms with E-state index in [1.54, 1.807) is 0 Å². The van der Waals surface area contributed by atoms with Crippen molar-refractivity contribution in [1.82, 2.24) is 9.78 Å². The van der Waals surface area contributed by atoms with Crippen LogP contribution in [0.15, 0.2) is 30.5 Å². The number of hydrogen-bond donors (Lipinski definition) is 1. The van der Waals surface area contributed by atoms with Crippen molar-refractivity contribution in [2.24, 2.45) is 5.73 Å². The molecule has 0 aliphatic heterocycles. The van der Waals surface area contributed by atoms with Gasteiger partial charge >= 0.3 is 0 Å². The van der Waals surface area contributed by atoms with Crippen LogP contribution in [0.3, 0.4) is 0 Å². The summed E-state index contributed by atoms with van der Waals surface area (Å²) < 4.78 is 7.46. The van der Waals surface area contributed by atoms with E-state index < -0.39 is 0 Å². The van der Waals surface area contributed by atoms with Crippen molar-refractivity contribution in [3.05, 3.63) is 41.7 Å². The van der Waals surface area contributed by atoms with Crippen LogP contribution in [0.2, 0.25) is 0 Å². The third kappa shape index (κ3) is 2.24. The van der Waals surface area contributed by atoms with Gasteiger partial charge in [-0.25, -0.2) is 4.68 Å². The number of nitrogens with zero attached hydrogens (tertiary/aromatic N) is 2. The normalized spacial score (nSPS) is 18.1. The smallest absolute Gasteiger partial charge is 0.119 e. The Hall–Kier alpha value is -1.81. The van der Waals surface area contributed by atoms with Crippen LogP contribution in [0.25, 0.3) is 5.69 Å². The lowest BCUT2D eigenvalue weighted by Gasteiger charge is -2.19. The van der Waals surface area contributed by atoms with Gasteiger partial charge in [0.05, 0.1) is 18.5 Å². The Balaban J connectivity index is 1.94. The Morgan fingerprint density at radius 3 is 2.89 bits per heavy atom. The molecule has 1 atom stereocenters. The van der Waals surface area contributed by atoms with Crippen molar-refractivity contribution in [2.45, 2.75) is 32.2 Å². The first-order valence-corrected chi connectivity index (χ1v) is 6.85. The zero-order valence-corrected chi connectivity index (χ0v) is 11.2. The fourth-order valence-electron chi connectivity index (χ4n) is 2.66. The summed E-state index contributed by atoms with van der Waals surface area (Å²) in [6.07, 6.45) is 5.16. The topological polar surface area (TPSA) is 53.1 Å². The fraction of sp³-hybridized carbons (Fsp3) is 0.400. The van der Waals surface area contributed by atoms with Gasteiger partial charge < -0.3 is 10.5 Å². The molecule has 1 unspecified atom stereocenters. The van der Waals surface area contributed by atoms with Gasteiger partial charge in [0.15, 0.2) is 0 Å². The average molecular weight is 257 g/mol. The molecule has 1 aliphatic rings. The minimum Gasteiger partial charge on any atom is -0.494 e. The van der Waals surface area contributed by atoms with Gasteiger partial charge in [-0.2, -0.15) is 5.10 Å². The Morgan fingerprint density at radius 2 is 2.16 bits per heavy atom. The molecule has 0 radical (unpaired) electrons. The summed E-state index contributed by atoms with van der Waals surface area (Å²) in [7, 11) is 0. The van der Waals surface area contributed by atoms with Gasteiger partial charge in [0.25, 0.3) is 0 Å². The lowest BCUT2D eigenvalue weighted by molar-refractivity contribution is 0.340. The van der Waals surface area contributed by atoms with Crippen LogP contribution in [0.4, 0.5) is 0 Å². The van der Waals surface area contributed by atoms with Crippen molar-refractivity contribution >= 4 is 0 Å². The maximum Gasteiger partial charge on any atom is 0.119 e. The zero-order valence-electron chi connectivity index (χ0n) is 11.2. The number of fused-ring (bicyclic) bond motifs is 1. The van der Waals surface area contributed by atoms with E-state index in [0.29, 0.717) is 6.61 Å². The number of benzene rings is 1. The van der Waals surface area contributed by atoms with Crippen molar-refractivity contribution in [1.29, 1.82) is 0 Å². The number of nitrogens with two attached hydrogens (primary N) is 1. The summed E-state index contributed by atoms with van der Waals surface area (Å²) in [6.45, 7) is 2.67. The highest BCUT2D eigenvalue weighted by Gasteiger charge is 2.21. The summed E-state index contributed by atoms with van der Waals surface area (Å²) in [5, 5.41) is 4.49. The number of hydrogen-bond acceptors (Lipinski definition) is 3. The zero-order chi connectivity index (χ0) is 13.2. The van der Waals surface area contributed by atoms with Crippen molar-refractivity contribution in [3.63, 3.8) is 0 Å². The van der Waals surface area contributed by atoms with Gasteiger partial charge in [-0.3, -0.25) is 0 Å². The highest BCUT2D eigenvalue weighted by Crippen LogP contribution is 2.29. The second-order valence-corrected chi connectivity index (χ2v) is 4.88. The van der Waals surface area contributed by atoms with Gasteiger partial charge in [-0.15, -0.1) is 0 Å². The van der Waals surface area contributed by atoms with Crippen LogP contribution in [-0.4, -0.2) is 16.4 Å². The largest absolute Gasteiger partial charge is 0.494 e. The van der Waals surface area contributed by atoms with E-state index >= 15 is 0 Å². The maximum atomic E-state index is 6.13. The highest BCUT2D eigenvalue weighted by molar-refractivity contribution is 5.40. The van der Waals surface area contributed by atoms with Crippen LogP contribution in [-0.2, 0) is 6.42 Å². The van der Waals surface area contributed by atoms with E-state index in [1.165, 1.54) is 11.3 Å². The Labute approximate surface area is 113 Å². The highest BCUT2D eigenvalue weighted by atomic mass is 16.5. The molecule has 1 aromatic carbocycles. The van der Waals surface area contributed by atoms with Crippen molar-refractivity contribution in [2.75, 3.05) is 6.61 Å². The summed E-state index contributed by atoms with van der Waals surface area (Å²) in [5.74, 6) is 0.893. The van der Waals surface area contributed by atoms with E-state index in [0.717, 1.165) is 30.7 Å². The van der Waals surface area contributed by atoms with Gasteiger partial charge in [0.1, 0.15) is 5.75 Å². The molecule has 2 aromatic rings. The van der Waals surface area contributed by atoms with Gasteiger partial charge in [-0.1, -0.05) is 0 Å². The molecular formula is C15H19N3O. The molecule has 4 heteroatoms. The molecule has 3 rings (SSSR count). The Morgan fingerprint density at radius 1 is 1.37 bits per heavy atom. The molecule has 0 saturated heterocycles. The lowest BCUT2D eigenvalue weighted by Crippen LogP contribution is -2.17. The molecular weight excluding hydrogens is 238 g/mol. The molecule has 100 valence electrons. The Kier molecular flexibility index (Phi) is 3.25. The summed E-state index contributed by atoms with van der Waals surface area (Å²) in [6, 6.07) is 8.18. The first-order valence-electron chi connectivity index (χ1n) is 6.85. The number of aromatic nitrogens is 2. The van der Waals surface area contributed by atoms with Crippen LogP contribution in [0, 0.1) is 0 Å². The predicted molar refractivity (Wildman–Crippen MR) is 74.6 cm³/mol. The fourth-order valence-corrected chi connectivity index (χ4v) is 2.66. The number of ether oxygens (including phenoxy) is 1. The first-order chi connectivity index (χ1) is 9.29. The van der Waals surface area contributed by atoms with E-state index in [4.69, 9.17) is 10.5 Å². The van der Waals surface area contributed by atoms with E-state index in [9.17, 15) is 0 Å². The molecule has 0 saturated carbocycles. The molecule has 19 heavy (non-hydrogen) atoms. The molecule has 0 spiro atoms. The van der Waals surface area contributed by atoms with E-state index in [-0.39, 0.29) is 6.04 Å². The van der Waals surface area contributed by atoms with Gasteiger partial charge in [0.2, 0.25) is 0 Å². The molecule has 4 nitrogen and oxygen atoms in total. The standard InChI is InChI=1S/C15H19N3O/c1-2-19-12-8-6-11(7-9-12)18-15-5-3-4-14(16)13(15)10-17-18/h6-10,14H,2-5,16H2,1H3. The molecule has 0 bridgehead atoms. The second kappa shape index (κ2) is 5.05. The molecule has 0 amide bonds. The quantitative estimate of drug-likeness (QED) is 0.919. The van der Waals surface area contributed by atoms with E-state index in [1.807, 2.05) is 42.1 Å². The monoisotopic (exact) mass is 257 g/mol. The van der Waals surface area contributed by atoms with Crippen LogP contribution in [0.1, 0.15) is 37.1 Å². The van der Waals surface area contributed by atoms with E-state index in [2.05, 4.69) is 5.10 Å². The van der Waals surface area contributed by atoms with Crippen LogP contribution in [0.5, 0.6) is 5.75 Å². The van der Waals surface area contributed by atoms with Gasteiger partial charge in [-0.05, 0) is 50.5 Å². The molecule has 0 fully saturated rings. The summed E-state index contributed by atoms with van der Waals surface area (Å²) in [5.41, 5.74) is 9.64.